The molecule has 1 fully saturated rings. The summed E-state index contributed by atoms with van der Waals surface area (Å²) < 4.78 is 22.4. The molecule has 5 rings (SSSR count). The van der Waals surface area contributed by atoms with Crippen LogP contribution in [0.15, 0.2) is 96.1 Å². The molecular formula is C38H43NO7. The van der Waals surface area contributed by atoms with Gasteiger partial charge < -0.3 is 23.8 Å². The molecular weight excluding hydrogens is 582 g/mol. The second-order valence-electron chi connectivity index (χ2n) is 12.7. The van der Waals surface area contributed by atoms with E-state index in [4.69, 9.17) is 18.9 Å². The number of hydrogen-bond donors (Lipinski definition) is 0. The van der Waals surface area contributed by atoms with Gasteiger partial charge in [-0.05, 0) is 59.6 Å². The summed E-state index contributed by atoms with van der Waals surface area (Å²) in [5.41, 5.74) is 2.12. The van der Waals surface area contributed by atoms with Gasteiger partial charge in [-0.25, -0.2) is 14.4 Å². The van der Waals surface area contributed by atoms with Crippen LogP contribution in [0.2, 0.25) is 0 Å². The van der Waals surface area contributed by atoms with Crippen molar-refractivity contribution in [3.8, 4) is 5.75 Å². The molecule has 0 spiro atoms. The molecule has 242 valence electrons. The number of carbonyl (C=O) groups is 3. The molecule has 0 amide bonds. The van der Waals surface area contributed by atoms with Crippen molar-refractivity contribution < 1.29 is 33.3 Å². The van der Waals surface area contributed by atoms with Crippen LogP contribution < -0.4 is 9.64 Å². The van der Waals surface area contributed by atoms with Crippen molar-refractivity contribution in [1.29, 1.82) is 0 Å². The quantitative estimate of drug-likeness (QED) is 0.194. The van der Waals surface area contributed by atoms with Crippen LogP contribution >= 0.6 is 0 Å². The van der Waals surface area contributed by atoms with Crippen LogP contribution in [0.3, 0.4) is 0 Å². The van der Waals surface area contributed by atoms with Crippen LogP contribution in [0.1, 0.15) is 57.2 Å². The third-order valence-corrected chi connectivity index (χ3v) is 9.68. The number of carbonyl (C=O) groups excluding carboxylic acids is 3. The zero-order valence-electron chi connectivity index (χ0n) is 27.4. The van der Waals surface area contributed by atoms with Crippen molar-refractivity contribution in [2.75, 3.05) is 26.2 Å². The monoisotopic (exact) mass is 625 g/mol. The second-order valence-corrected chi connectivity index (χ2v) is 12.7. The summed E-state index contributed by atoms with van der Waals surface area (Å²) in [6, 6.07) is 24.6. The standard InChI is InChI=1S/C38H43NO7/c1-24-17-22-29(38(2,3)26-13-9-7-10-14-26)30(23-24)46-37(42)34-32(36(41)45-6)31(35(40)44-5)33(25-18-20-28(43-4)21-19-25)39(34)27-15-11-8-12-16-27/h7-16,18-21,24,29-30,33-34H,17,22-23H2,1-6H3/t24-,29-,30-,33+,34-/m1/s1. The third-order valence-electron chi connectivity index (χ3n) is 9.68. The average Bonchev–Trinajstić information content (AvgIpc) is 3.44. The van der Waals surface area contributed by atoms with Crippen molar-refractivity contribution in [2.45, 2.75) is 63.6 Å². The highest BCUT2D eigenvalue weighted by Crippen LogP contribution is 2.48. The van der Waals surface area contributed by atoms with E-state index in [-0.39, 0.29) is 22.5 Å². The van der Waals surface area contributed by atoms with Crippen molar-refractivity contribution in [1.82, 2.24) is 0 Å². The fourth-order valence-electron chi connectivity index (χ4n) is 7.21. The number of nitrogens with zero attached hydrogens (tertiary/aromatic N) is 1. The highest BCUT2D eigenvalue weighted by Gasteiger charge is 2.53. The normalized spacial score (nSPS) is 23.1. The van der Waals surface area contributed by atoms with Crippen molar-refractivity contribution in [3.63, 3.8) is 0 Å². The van der Waals surface area contributed by atoms with E-state index in [2.05, 4.69) is 32.9 Å². The Labute approximate surface area is 271 Å². The summed E-state index contributed by atoms with van der Waals surface area (Å²) in [6.07, 6.45) is 2.18. The smallest absolute Gasteiger partial charge is 0.337 e. The Morgan fingerprint density at radius 1 is 0.761 bits per heavy atom. The molecule has 0 bridgehead atoms. The van der Waals surface area contributed by atoms with Gasteiger partial charge in [-0.1, -0.05) is 87.9 Å². The minimum Gasteiger partial charge on any atom is -0.497 e. The van der Waals surface area contributed by atoms with Crippen LogP contribution in [0.25, 0.3) is 0 Å². The molecule has 0 unspecified atom stereocenters. The summed E-state index contributed by atoms with van der Waals surface area (Å²) in [6.45, 7) is 6.57. The van der Waals surface area contributed by atoms with E-state index in [1.165, 1.54) is 19.8 Å². The molecule has 0 saturated heterocycles. The minimum absolute atomic E-state index is 0.0310. The highest BCUT2D eigenvalue weighted by molar-refractivity contribution is 6.10. The Balaban J connectivity index is 1.64. The maximum atomic E-state index is 14.7. The Morgan fingerprint density at radius 2 is 1.35 bits per heavy atom. The fourth-order valence-corrected chi connectivity index (χ4v) is 7.21. The summed E-state index contributed by atoms with van der Waals surface area (Å²) in [5.74, 6) is -1.13. The first-order valence-corrected chi connectivity index (χ1v) is 15.8. The third kappa shape index (κ3) is 6.26. The van der Waals surface area contributed by atoms with E-state index >= 15 is 0 Å². The fraction of sp³-hybridized carbons (Fsp3) is 0.395. The summed E-state index contributed by atoms with van der Waals surface area (Å²) in [5, 5.41) is 0. The van der Waals surface area contributed by atoms with Crippen LogP contribution in [0.4, 0.5) is 5.69 Å². The largest absolute Gasteiger partial charge is 0.497 e. The number of anilines is 1. The maximum Gasteiger partial charge on any atom is 0.337 e. The molecule has 46 heavy (non-hydrogen) atoms. The lowest BCUT2D eigenvalue weighted by Crippen LogP contribution is -2.48. The number of rotatable bonds is 9. The van der Waals surface area contributed by atoms with Gasteiger partial charge in [-0.15, -0.1) is 0 Å². The van der Waals surface area contributed by atoms with E-state index in [0.29, 0.717) is 29.3 Å². The first kappa shape index (κ1) is 32.8. The molecule has 1 heterocycles. The molecule has 5 atom stereocenters. The number of hydrogen-bond acceptors (Lipinski definition) is 8. The van der Waals surface area contributed by atoms with Gasteiger partial charge in [-0.2, -0.15) is 0 Å². The molecule has 3 aromatic rings. The average molecular weight is 626 g/mol. The topological polar surface area (TPSA) is 91.4 Å². The number of methoxy groups -OCH3 is 3. The molecule has 0 aromatic heterocycles. The second kappa shape index (κ2) is 13.8. The van der Waals surface area contributed by atoms with Crippen LogP contribution in [-0.2, 0) is 34.0 Å². The zero-order chi connectivity index (χ0) is 33.0. The number of para-hydroxylation sites is 1. The van der Waals surface area contributed by atoms with E-state index in [0.717, 1.165) is 12.8 Å². The predicted molar refractivity (Wildman–Crippen MR) is 175 cm³/mol. The lowest BCUT2D eigenvalue weighted by Gasteiger charge is -2.44. The highest BCUT2D eigenvalue weighted by atomic mass is 16.6. The van der Waals surface area contributed by atoms with E-state index in [1.54, 1.807) is 24.1 Å². The van der Waals surface area contributed by atoms with Gasteiger partial charge in [0.2, 0.25) is 0 Å². The van der Waals surface area contributed by atoms with Gasteiger partial charge in [0.25, 0.3) is 0 Å². The zero-order valence-corrected chi connectivity index (χ0v) is 27.4. The van der Waals surface area contributed by atoms with E-state index < -0.39 is 36.1 Å². The molecule has 0 radical (unpaired) electrons. The van der Waals surface area contributed by atoms with Gasteiger partial charge in [0.1, 0.15) is 11.9 Å². The lowest BCUT2D eigenvalue weighted by molar-refractivity contribution is -0.158. The lowest BCUT2D eigenvalue weighted by atomic mass is 9.64. The van der Waals surface area contributed by atoms with Gasteiger partial charge in [0.05, 0.1) is 38.5 Å². The van der Waals surface area contributed by atoms with Crippen LogP contribution in [0, 0.1) is 11.8 Å². The Bertz CT molecular complexity index is 1570. The van der Waals surface area contributed by atoms with Crippen molar-refractivity contribution in [3.05, 3.63) is 107 Å². The van der Waals surface area contributed by atoms with E-state index in [1.807, 2.05) is 60.7 Å². The summed E-state index contributed by atoms with van der Waals surface area (Å²) in [4.78, 5) is 43.7. The Hall–Kier alpha value is -4.59. The van der Waals surface area contributed by atoms with Gasteiger partial charge >= 0.3 is 17.9 Å². The van der Waals surface area contributed by atoms with Gasteiger partial charge in [0.15, 0.2) is 6.04 Å². The molecule has 8 heteroatoms. The Morgan fingerprint density at radius 3 is 1.93 bits per heavy atom. The molecule has 1 saturated carbocycles. The Kier molecular flexibility index (Phi) is 9.85. The van der Waals surface area contributed by atoms with Gasteiger partial charge in [-0.3, -0.25) is 0 Å². The van der Waals surface area contributed by atoms with Gasteiger partial charge in [0, 0.05) is 11.6 Å². The van der Waals surface area contributed by atoms with E-state index in [9.17, 15) is 14.4 Å². The number of benzene rings is 3. The van der Waals surface area contributed by atoms with Crippen LogP contribution in [0.5, 0.6) is 5.75 Å². The molecule has 1 aliphatic carbocycles. The van der Waals surface area contributed by atoms with Crippen molar-refractivity contribution >= 4 is 23.6 Å². The molecule has 2 aliphatic rings. The predicted octanol–water partition coefficient (Wildman–Crippen LogP) is 6.59. The first-order valence-electron chi connectivity index (χ1n) is 15.8. The minimum atomic E-state index is -1.27. The molecule has 3 aromatic carbocycles. The molecule has 1 aliphatic heterocycles. The first-order chi connectivity index (χ1) is 22.1. The number of esters is 3. The maximum absolute atomic E-state index is 14.7. The summed E-state index contributed by atoms with van der Waals surface area (Å²) >= 11 is 0. The molecule has 8 nitrogen and oxygen atoms in total. The number of ether oxygens (including phenoxy) is 4. The van der Waals surface area contributed by atoms with Crippen molar-refractivity contribution in [2.24, 2.45) is 11.8 Å². The molecule has 0 N–H and O–H groups in total. The van der Waals surface area contributed by atoms with Crippen LogP contribution in [-0.4, -0.2) is 51.4 Å². The summed E-state index contributed by atoms with van der Waals surface area (Å²) in [7, 11) is 4.06. The SMILES string of the molecule is COC(=O)C1=C(C(=O)OC)[C@H](c2ccc(OC)cc2)N(c2ccccc2)[C@H]1C(=O)O[C@@H]1C[C@H](C)CC[C@H]1C(C)(C)c1ccccc1.